The molecule has 1 aliphatic rings. The average molecular weight is 389 g/mol. The van der Waals surface area contributed by atoms with Crippen molar-refractivity contribution >= 4 is 5.91 Å². The Hall–Kier alpha value is -3.31. The van der Waals surface area contributed by atoms with E-state index in [1.807, 2.05) is 66.7 Å². The van der Waals surface area contributed by atoms with Gasteiger partial charge in [-0.25, -0.2) is 0 Å². The Balaban J connectivity index is 1.40. The van der Waals surface area contributed by atoms with Crippen molar-refractivity contribution in [3.8, 4) is 11.5 Å². The van der Waals surface area contributed by atoms with Gasteiger partial charge in [0.1, 0.15) is 0 Å². The fourth-order valence-corrected chi connectivity index (χ4v) is 3.51. The molecule has 0 aromatic heterocycles. The van der Waals surface area contributed by atoms with E-state index in [-0.39, 0.29) is 18.6 Å². The van der Waals surface area contributed by atoms with E-state index in [9.17, 15) is 9.90 Å². The third-order valence-corrected chi connectivity index (χ3v) is 5.03. The van der Waals surface area contributed by atoms with Gasteiger partial charge < -0.3 is 19.9 Å². The summed E-state index contributed by atoms with van der Waals surface area (Å²) in [7, 11) is 0. The van der Waals surface area contributed by atoms with Crippen LogP contribution in [-0.2, 0) is 4.79 Å². The average Bonchev–Trinajstić information content (AvgIpc) is 3.23. The Morgan fingerprint density at radius 1 is 0.862 bits per heavy atom. The minimum atomic E-state index is -0.697. The summed E-state index contributed by atoms with van der Waals surface area (Å²) >= 11 is 0. The first-order valence-electron chi connectivity index (χ1n) is 9.67. The second kappa shape index (κ2) is 8.80. The largest absolute Gasteiger partial charge is 0.454 e. The molecular weight excluding hydrogens is 366 g/mol. The molecule has 4 rings (SSSR count). The highest BCUT2D eigenvalue weighted by Gasteiger charge is 2.23. The zero-order chi connectivity index (χ0) is 20.1. The van der Waals surface area contributed by atoms with Crippen molar-refractivity contribution < 1.29 is 19.4 Å². The summed E-state index contributed by atoms with van der Waals surface area (Å²) in [6, 6.07) is 24.8. The zero-order valence-corrected chi connectivity index (χ0v) is 16.0. The first-order valence-corrected chi connectivity index (χ1v) is 9.67. The highest BCUT2D eigenvalue weighted by atomic mass is 16.7. The highest BCUT2D eigenvalue weighted by molar-refractivity contribution is 5.87. The lowest BCUT2D eigenvalue weighted by molar-refractivity contribution is -0.121. The van der Waals surface area contributed by atoms with E-state index in [1.54, 1.807) is 12.1 Å². The number of fused-ring (bicyclic) bond motifs is 1. The van der Waals surface area contributed by atoms with Crippen molar-refractivity contribution in [1.82, 2.24) is 5.32 Å². The monoisotopic (exact) mass is 389 g/mol. The molecule has 0 radical (unpaired) electrons. The van der Waals surface area contributed by atoms with E-state index in [0.29, 0.717) is 24.5 Å². The van der Waals surface area contributed by atoms with Crippen LogP contribution in [-0.4, -0.2) is 24.4 Å². The molecule has 5 heteroatoms. The third kappa shape index (κ3) is 4.41. The molecular formula is C24H23NO4. The number of aliphatic hydroxyl groups is 1. The van der Waals surface area contributed by atoms with Crippen LogP contribution >= 0.6 is 0 Å². The van der Waals surface area contributed by atoms with Crippen molar-refractivity contribution in [3.63, 3.8) is 0 Å². The van der Waals surface area contributed by atoms with Gasteiger partial charge in [0.15, 0.2) is 11.5 Å². The summed E-state index contributed by atoms with van der Waals surface area (Å²) < 4.78 is 10.7. The van der Waals surface area contributed by atoms with Crippen LogP contribution in [0.5, 0.6) is 11.5 Å². The molecule has 148 valence electrons. The molecule has 3 aromatic rings. The molecule has 0 fully saturated rings. The van der Waals surface area contributed by atoms with Crippen LogP contribution in [0.25, 0.3) is 0 Å². The Labute approximate surface area is 169 Å². The molecule has 3 aromatic carbocycles. The summed E-state index contributed by atoms with van der Waals surface area (Å²) in [5, 5.41) is 13.5. The topological polar surface area (TPSA) is 67.8 Å². The lowest BCUT2D eigenvalue weighted by Crippen LogP contribution is -2.31. The lowest BCUT2D eigenvalue weighted by Gasteiger charge is -2.19. The number of nitrogens with one attached hydrogen (secondary N) is 1. The Morgan fingerprint density at radius 3 is 2.14 bits per heavy atom. The molecule has 0 saturated carbocycles. The van der Waals surface area contributed by atoms with Gasteiger partial charge in [-0.05, 0) is 35.2 Å². The molecule has 1 unspecified atom stereocenters. The van der Waals surface area contributed by atoms with Crippen LogP contribution in [0.1, 0.15) is 35.1 Å². The second-order valence-electron chi connectivity index (χ2n) is 6.96. The van der Waals surface area contributed by atoms with Gasteiger partial charge in [-0.3, -0.25) is 4.79 Å². The number of amides is 1. The normalized spacial score (nSPS) is 13.3. The molecule has 1 heterocycles. The van der Waals surface area contributed by atoms with Gasteiger partial charge in [0.05, 0.1) is 12.0 Å². The molecule has 5 nitrogen and oxygen atoms in total. The number of carbonyl (C=O) groups excluding carboxylic acids is 1. The zero-order valence-electron chi connectivity index (χ0n) is 16.0. The molecule has 1 atom stereocenters. The lowest BCUT2D eigenvalue weighted by atomic mass is 9.90. The van der Waals surface area contributed by atoms with Crippen LogP contribution in [0.3, 0.4) is 0 Å². The van der Waals surface area contributed by atoms with Gasteiger partial charge >= 0.3 is 0 Å². The van der Waals surface area contributed by atoms with Crippen molar-refractivity contribution in [2.45, 2.75) is 18.4 Å². The number of hydrogen-bond donors (Lipinski definition) is 2. The number of carbonyl (C=O) groups is 1. The molecule has 29 heavy (non-hydrogen) atoms. The molecule has 0 bridgehead atoms. The molecule has 0 spiro atoms. The molecule has 0 saturated heterocycles. The van der Waals surface area contributed by atoms with Gasteiger partial charge in [-0.2, -0.15) is 0 Å². The van der Waals surface area contributed by atoms with Crippen LogP contribution in [0.2, 0.25) is 0 Å². The van der Waals surface area contributed by atoms with Gasteiger partial charge in [-0.15, -0.1) is 0 Å². The number of aliphatic hydroxyl groups excluding tert-OH is 1. The van der Waals surface area contributed by atoms with E-state index in [0.717, 1.165) is 16.7 Å². The van der Waals surface area contributed by atoms with Gasteiger partial charge in [0.25, 0.3) is 0 Å². The first-order chi connectivity index (χ1) is 14.2. The molecule has 0 aliphatic carbocycles. The fraction of sp³-hybridized carbons (Fsp3) is 0.208. The van der Waals surface area contributed by atoms with Crippen LogP contribution < -0.4 is 14.8 Å². The summed E-state index contributed by atoms with van der Waals surface area (Å²) in [5.41, 5.74) is 2.62. The quantitative estimate of drug-likeness (QED) is 0.645. The van der Waals surface area contributed by atoms with Gasteiger partial charge in [0.2, 0.25) is 12.7 Å². The predicted molar refractivity (Wildman–Crippen MR) is 110 cm³/mol. The molecule has 1 amide bonds. The van der Waals surface area contributed by atoms with Crippen LogP contribution in [0.15, 0.2) is 78.9 Å². The smallest absolute Gasteiger partial charge is 0.232 e. The number of hydrogen-bond acceptors (Lipinski definition) is 4. The first kappa shape index (κ1) is 19.0. The van der Waals surface area contributed by atoms with Crippen molar-refractivity contribution in [1.29, 1.82) is 0 Å². The van der Waals surface area contributed by atoms with Crippen molar-refractivity contribution in [2.24, 2.45) is 0 Å². The SMILES string of the molecule is O=C(NCCC(O)c1ccc2c(c1)OCO2)C(c1ccccc1)c1ccccc1. The summed E-state index contributed by atoms with van der Waals surface area (Å²) in [6.07, 6.45) is -0.293. The minimum Gasteiger partial charge on any atom is -0.454 e. The Bertz CT molecular complexity index is 920. The predicted octanol–water partition coefficient (Wildman–Crippen LogP) is 3.79. The maximum absolute atomic E-state index is 13.0. The van der Waals surface area contributed by atoms with Crippen LogP contribution in [0, 0.1) is 0 Å². The van der Waals surface area contributed by atoms with E-state index >= 15 is 0 Å². The van der Waals surface area contributed by atoms with E-state index in [4.69, 9.17) is 9.47 Å². The standard InChI is InChI=1S/C24H23NO4/c26-20(19-11-12-21-22(15-19)29-16-28-21)13-14-25-24(27)23(17-7-3-1-4-8-17)18-9-5-2-6-10-18/h1-12,15,20,23,26H,13-14,16H2,(H,25,27). The highest BCUT2D eigenvalue weighted by Crippen LogP contribution is 2.34. The van der Waals surface area contributed by atoms with E-state index < -0.39 is 6.10 Å². The number of benzene rings is 3. The summed E-state index contributed by atoms with van der Waals surface area (Å²) in [6.45, 7) is 0.565. The minimum absolute atomic E-state index is 0.0831. The Kier molecular flexibility index (Phi) is 5.77. The van der Waals surface area contributed by atoms with E-state index in [1.165, 1.54) is 0 Å². The Morgan fingerprint density at radius 2 is 1.48 bits per heavy atom. The van der Waals surface area contributed by atoms with Crippen LogP contribution in [0.4, 0.5) is 0 Å². The van der Waals surface area contributed by atoms with Gasteiger partial charge in [0, 0.05) is 6.54 Å². The summed E-state index contributed by atoms with van der Waals surface area (Å²) in [4.78, 5) is 13.0. The van der Waals surface area contributed by atoms with Crippen molar-refractivity contribution in [3.05, 3.63) is 95.6 Å². The third-order valence-electron chi connectivity index (χ3n) is 5.03. The number of ether oxygens (including phenoxy) is 2. The van der Waals surface area contributed by atoms with E-state index in [2.05, 4.69) is 5.32 Å². The van der Waals surface area contributed by atoms with Crippen molar-refractivity contribution in [2.75, 3.05) is 13.3 Å². The second-order valence-corrected chi connectivity index (χ2v) is 6.96. The van der Waals surface area contributed by atoms with Gasteiger partial charge in [-0.1, -0.05) is 66.7 Å². The fourth-order valence-electron chi connectivity index (χ4n) is 3.51. The molecule has 2 N–H and O–H groups in total. The maximum atomic E-state index is 13.0. The summed E-state index contributed by atoms with van der Waals surface area (Å²) in [5.74, 6) is 0.849. The maximum Gasteiger partial charge on any atom is 0.232 e. The number of rotatable bonds is 7. The molecule has 1 aliphatic heterocycles.